The maximum atomic E-state index is 14.0. The number of carbonyl (C=O) groups excluding carboxylic acids is 3. The van der Waals surface area contributed by atoms with Crippen LogP contribution >= 0.6 is 11.3 Å². The Labute approximate surface area is 263 Å². The number of rotatable bonds is 12. The number of fused-ring (bicyclic) bond motifs is 1. The average Bonchev–Trinajstić information content (AvgIpc) is 3.30. The Kier molecular flexibility index (Phi) is 10.8. The Balaban J connectivity index is 1.88. The summed E-state index contributed by atoms with van der Waals surface area (Å²) >= 11 is 1.16. The van der Waals surface area contributed by atoms with Crippen molar-refractivity contribution < 1.29 is 42.8 Å². The molecule has 12 nitrogen and oxygen atoms in total. The summed E-state index contributed by atoms with van der Waals surface area (Å²) in [6, 6.07) is 9.04. The molecule has 0 aliphatic carbocycles. The topological polar surface area (TPSA) is 141 Å². The third-order valence-electron chi connectivity index (χ3n) is 6.49. The van der Waals surface area contributed by atoms with E-state index in [4.69, 9.17) is 23.7 Å². The summed E-state index contributed by atoms with van der Waals surface area (Å²) in [6.45, 7) is 8.72. The third kappa shape index (κ3) is 7.43. The highest BCUT2D eigenvalue weighted by molar-refractivity contribution is 7.07. The van der Waals surface area contributed by atoms with E-state index in [-0.39, 0.29) is 30.1 Å². The van der Waals surface area contributed by atoms with E-state index < -0.39 is 23.9 Å². The van der Waals surface area contributed by atoms with Crippen molar-refractivity contribution in [3.8, 4) is 23.0 Å². The van der Waals surface area contributed by atoms with Crippen LogP contribution in [0.4, 0.5) is 0 Å². The zero-order valence-corrected chi connectivity index (χ0v) is 26.6. The van der Waals surface area contributed by atoms with Crippen LogP contribution in [0, 0.1) is 0 Å². The highest BCUT2D eigenvalue weighted by Crippen LogP contribution is 2.36. The van der Waals surface area contributed by atoms with Crippen molar-refractivity contribution in [1.29, 1.82) is 0 Å². The third-order valence-corrected chi connectivity index (χ3v) is 7.48. The molecular weight excluding hydrogens is 604 g/mol. The first-order valence-corrected chi connectivity index (χ1v) is 15.0. The second kappa shape index (κ2) is 14.7. The summed E-state index contributed by atoms with van der Waals surface area (Å²) < 4.78 is 34.2. The summed E-state index contributed by atoms with van der Waals surface area (Å²) in [6.07, 6.45) is 1.68. The number of hydrogen-bond donors (Lipinski definition) is 0. The van der Waals surface area contributed by atoms with Gasteiger partial charge in [0.1, 0.15) is 0 Å². The maximum absolute atomic E-state index is 14.0. The summed E-state index contributed by atoms with van der Waals surface area (Å²) in [5.41, 5.74) is 1.39. The Morgan fingerprint density at radius 2 is 1.62 bits per heavy atom. The molecule has 3 aromatic rings. The smallest absolute Gasteiger partial charge is 0.343 e. The second-order valence-corrected chi connectivity index (χ2v) is 10.5. The quantitative estimate of drug-likeness (QED) is 0.215. The van der Waals surface area contributed by atoms with Crippen LogP contribution in [0.15, 0.2) is 57.5 Å². The van der Waals surface area contributed by atoms with Gasteiger partial charge in [0.05, 0.1) is 48.8 Å². The molecule has 0 amide bonds. The standard InChI is InChI=1S/C32H34N2O10S/c1-7-40-24-14-20(10-12-23(24)44-19(5)35)15-26-30(37)34-29(28(31(38)42-9-3)18(4)33-32(34)45-26)21-11-13-22(25(16-21)41-8-2)43-17-27(36)39-6/h10-16,29H,7-9,17H2,1-6H3/b26-15+/t29-/m0/s1. The number of nitrogens with zero attached hydrogens (tertiary/aromatic N) is 2. The van der Waals surface area contributed by atoms with Gasteiger partial charge >= 0.3 is 17.9 Å². The molecule has 0 bridgehead atoms. The molecule has 1 atom stereocenters. The summed E-state index contributed by atoms with van der Waals surface area (Å²) in [5.74, 6) is -0.433. The van der Waals surface area contributed by atoms with Crippen LogP contribution in [-0.2, 0) is 23.9 Å². The number of esters is 3. The van der Waals surface area contributed by atoms with Crippen molar-refractivity contribution in [1.82, 2.24) is 4.57 Å². The van der Waals surface area contributed by atoms with E-state index in [9.17, 15) is 19.2 Å². The highest BCUT2D eigenvalue weighted by atomic mass is 32.1. The van der Waals surface area contributed by atoms with E-state index in [0.717, 1.165) is 11.3 Å². The Bertz CT molecular complexity index is 1820. The van der Waals surface area contributed by atoms with E-state index >= 15 is 0 Å². The fraction of sp³-hybridized carbons (Fsp3) is 0.344. The fourth-order valence-electron chi connectivity index (χ4n) is 4.66. The minimum atomic E-state index is -0.901. The van der Waals surface area contributed by atoms with Gasteiger partial charge in [-0.25, -0.2) is 14.6 Å². The van der Waals surface area contributed by atoms with Crippen molar-refractivity contribution in [2.75, 3.05) is 33.5 Å². The minimum absolute atomic E-state index is 0.128. The maximum Gasteiger partial charge on any atom is 0.343 e. The number of allylic oxidation sites excluding steroid dienone is 1. The molecule has 2 heterocycles. The van der Waals surface area contributed by atoms with Crippen LogP contribution in [0.25, 0.3) is 6.08 Å². The van der Waals surface area contributed by atoms with Crippen molar-refractivity contribution in [3.63, 3.8) is 0 Å². The molecule has 0 fully saturated rings. The van der Waals surface area contributed by atoms with Crippen LogP contribution in [-0.4, -0.2) is 56.0 Å². The van der Waals surface area contributed by atoms with Crippen LogP contribution in [0.5, 0.6) is 23.0 Å². The molecule has 0 spiro atoms. The van der Waals surface area contributed by atoms with E-state index in [1.54, 1.807) is 70.2 Å². The van der Waals surface area contributed by atoms with Gasteiger partial charge < -0.3 is 28.4 Å². The molecule has 1 aliphatic heterocycles. The second-order valence-electron chi connectivity index (χ2n) is 9.54. The lowest BCUT2D eigenvalue weighted by Crippen LogP contribution is -2.40. The molecule has 0 saturated carbocycles. The van der Waals surface area contributed by atoms with Crippen molar-refractivity contribution in [3.05, 3.63) is 78.5 Å². The van der Waals surface area contributed by atoms with E-state index in [1.807, 2.05) is 0 Å². The lowest BCUT2D eigenvalue weighted by molar-refractivity contribution is -0.143. The molecule has 0 radical (unpaired) electrons. The van der Waals surface area contributed by atoms with Gasteiger partial charge in [-0.05, 0) is 69.2 Å². The predicted octanol–water partition coefficient (Wildman–Crippen LogP) is 3.07. The first-order chi connectivity index (χ1) is 21.6. The lowest BCUT2D eigenvalue weighted by atomic mass is 9.95. The van der Waals surface area contributed by atoms with Crippen LogP contribution in [0.1, 0.15) is 51.8 Å². The van der Waals surface area contributed by atoms with E-state index in [1.165, 1.54) is 18.6 Å². The number of ether oxygens (including phenoxy) is 6. The molecule has 2 aromatic carbocycles. The molecular formula is C32H34N2O10S. The van der Waals surface area contributed by atoms with Gasteiger partial charge in [-0.2, -0.15) is 0 Å². The summed E-state index contributed by atoms with van der Waals surface area (Å²) in [4.78, 5) is 55.5. The number of hydrogen-bond acceptors (Lipinski definition) is 12. The number of thiazole rings is 1. The number of carbonyl (C=O) groups is 3. The normalized spacial score (nSPS) is 14.3. The van der Waals surface area contributed by atoms with E-state index in [2.05, 4.69) is 9.73 Å². The van der Waals surface area contributed by atoms with Gasteiger partial charge in [-0.15, -0.1) is 0 Å². The van der Waals surface area contributed by atoms with Crippen molar-refractivity contribution >= 4 is 35.3 Å². The Morgan fingerprint density at radius 3 is 2.27 bits per heavy atom. The molecule has 238 valence electrons. The summed E-state index contributed by atoms with van der Waals surface area (Å²) in [7, 11) is 1.26. The van der Waals surface area contributed by atoms with Gasteiger partial charge in [0.15, 0.2) is 34.4 Å². The monoisotopic (exact) mass is 638 g/mol. The first kappa shape index (κ1) is 33.0. The SMILES string of the molecule is CCOC(=O)C1=C(C)N=c2s/c(=C/c3ccc(OC(C)=O)c(OCC)c3)c(=O)n2[C@H]1c1ccc(OCC(=O)OC)c(OCC)c1. The average molecular weight is 639 g/mol. The van der Waals surface area contributed by atoms with Crippen molar-refractivity contribution in [2.45, 2.75) is 40.7 Å². The van der Waals surface area contributed by atoms with Crippen LogP contribution < -0.4 is 33.8 Å². The number of aromatic nitrogens is 1. The van der Waals surface area contributed by atoms with E-state index in [0.29, 0.717) is 56.6 Å². The van der Waals surface area contributed by atoms with Gasteiger partial charge in [0, 0.05) is 6.92 Å². The van der Waals surface area contributed by atoms with Crippen LogP contribution in [0.2, 0.25) is 0 Å². The van der Waals surface area contributed by atoms with Crippen LogP contribution in [0.3, 0.4) is 0 Å². The Hall–Kier alpha value is -4.91. The van der Waals surface area contributed by atoms with Gasteiger partial charge in [0.2, 0.25) is 0 Å². The molecule has 0 unspecified atom stereocenters. The van der Waals surface area contributed by atoms with Gasteiger partial charge in [-0.1, -0.05) is 23.5 Å². The zero-order valence-electron chi connectivity index (χ0n) is 25.8. The predicted molar refractivity (Wildman–Crippen MR) is 164 cm³/mol. The minimum Gasteiger partial charge on any atom is -0.490 e. The fourth-order valence-corrected chi connectivity index (χ4v) is 5.70. The number of benzene rings is 2. The zero-order chi connectivity index (χ0) is 32.7. The molecule has 1 aromatic heterocycles. The molecule has 45 heavy (non-hydrogen) atoms. The molecule has 0 saturated heterocycles. The first-order valence-electron chi connectivity index (χ1n) is 14.2. The summed E-state index contributed by atoms with van der Waals surface area (Å²) in [5, 5.41) is 0. The molecule has 4 rings (SSSR count). The van der Waals surface area contributed by atoms with Gasteiger partial charge in [0.25, 0.3) is 5.56 Å². The largest absolute Gasteiger partial charge is 0.490 e. The highest BCUT2D eigenvalue weighted by Gasteiger charge is 2.34. The molecule has 1 aliphatic rings. The molecule has 13 heteroatoms. The number of methoxy groups -OCH3 is 1. The van der Waals surface area contributed by atoms with Gasteiger partial charge in [-0.3, -0.25) is 14.2 Å². The van der Waals surface area contributed by atoms with Crippen molar-refractivity contribution in [2.24, 2.45) is 4.99 Å². The Morgan fingerprint density at radius 1 is 0.933 bits per heavy atom. The lowest BCUT2D eigenvalue weighted by Gasteiger charge is -2.25. The molecule has 0 N–H and O–H groups in total.